The molecule has 60 heavy (non-hydrogen) atoms. The monoisotopic (exact) mass is 865 g/mol. The second-order valence-electron chi connectivity index (χ2n) is 17.8. The Balaban J connectivity index is -0.000000349. The van der Waals surface area contributed by atoms with Gasteiger partial charge in [0.2, 0.25) is 0 Å². The molecule has 0 aliphatic carbocycles. The highest BCUT2D eigenvalue weighted by Gasteiger charge is 2.03. The number of hydrogen-bond donors (Lipinski definition) is 8. The van der Waals surface area contributed by atoms with Crippen molar-refractivity contribution >= 4 is 0 Å². The van der Waals surface area contributed by atoms with Crippen LogP contribution in [-0.4, -0.2) is 91.7 Å². The van der Waals surface area contributed by atoms with E-state index in [1.165, 1.54) is 205 Å². The fraction of sp³-hybridized carbons (Fsp3) is 1.00. The molecule has 0 saturated heterocycles. The minimum Gasteiger partial charge on any atom is -0.394 e. The minimum absolute atomic E-state index is 0.0859. The fourth-order valence-corrected chi connectivity index (χ4v) is 7.13. The van der Waals surface area contributed by atoms with Gasteiger partial charge in [-0.2, -0.15) is 0 Å². The summed E-state index contributed by atoms with van der Waals surface area (Å²) in [5.74, 6) is 0. The molecule has 0 aliphatic rings. The molecule has 0 rings (SSSR count). The van der Waals surface area contributed by atoms with E-state index in [1.807, 2.05) is 0 Å². The normalized spacial score (nSPS) is 13.0. The first-order valence-corrected chi connectivity index (χ1v) is 26.4. The van der Waals surface area contributed by atoms with Crippen LogP contribution in [0.3, 0.4) is 0 Å². The van der Waals surface area contributed by atoms with Gasteiger partial charge in [-0.15, -0.1) is 0 Å². The lowest BCUT2D eigenvalue weighted by Crippen LogP contribution is -2.10. The van der Waals surface area contributed by atoms with Gasteiger partial charge in [-0.3, -0.25) is 0 Å². The highest BCUT2D eigenvalue weighted by atomic mass is 16.3. The zero-order valence-corrected chi connectivity index (χ0v) is 41.0. The predicted molar refractivity (Wildman–Crippen MR) is 260 cm³/mol. The summed E-state index contributed by atoms with van der Waals surface area (Å²) in [4.78, 5) is 0. The molecule has 0 saturated carbocycles. The maximum atomic E-state index is 9.13. The van der Waals surface area contributed by atoms with Crippen molar-refractivity contribution in [2.24, 2.45) is 0 Å². The molecule has 4 unspecified atom stereocenters. The van der Waals surface area contributed by atoms with E-state index >= 15 is 0 Å². The predicted octanol–water partition coefficient (Wildman–Crippen LogP) is 13.0. The Hall–Kier alpha value is -0.320. The number of aliphatic hydroxyl groups is 8. The van der Waals surface area contributed by atoms with Crippen LogP contribution in [0.4, 0.5) is 0 Å². The van der Waals surface area contributed by atoms with Crippen molar-refractivity contribution in [3.05, 3.63) is 0 Å². The summed E-state index contributed by atoms with van der Waals surface area (Å²) in [6.45, 7) is 8.62. The van der Waals surface area contributed by atoms with Crippen LogP contribution in [0.5, 0.6) is 0 Å². The van der Waals surface area contributed by atoms with Crippen molar-refractivity contribution in [1.82, 2.24) is 0 Å². The van der Waals surface area contributed by atoms with Crippen molar-refractivity contribution in [3.8, 4) is 0 Å². The van der Waals surface area contributed by atoms with Gasteiger partial charge in [0, 0.05) is 0 Å². The van der Waals surface area contributed by atoms with Gasteiger partial charge in [0.05, 0.1) is 50.8 Å². The van der Waals surface area contributed by atoms with Crippen LogP contribution >= 0.6 is 0 Å². The standard InChI is InChI=1S/2C14H30O2.2C12H26O2/c2*1-2-3-4-5-6-7-8-9-10-11-12-14(16)13-15;2*1-2-3-4-5-6-7-8-9-10-12(14)11-13/h2*14-16H,2-13H2,1H3;2*12-14H,2-11H2,1H3. The van der Waals surface area contributed by atoms with Gasteiger partial charge in [0.1, 0.15) is 0 Å². The molecule has 4 atom stereocenters. The molecule has 0 aromatic rings. The molecule has 368 valence electrons. The first-order valence-electron chi connectivity index (χ1n) is 26.4. The van der Waals surface area contributed by atoms with E-state index in [-0.39, 0.29) is 26.4 Å². The lowest BCUT2D eigenvalue weighted by atomic mass is 10.0. The summed E-state index contributed by atoms with van der Waals surface area (Å²) >= 11 is 0. The summed E-state index contributed by atoms with van der Waals surface area (Å²) in [6, 6.07) is 0. The highest BCUT2D eigenvalue weighted by Crippen LogP contribution is 2.14. The molecule has 8 nitrogen and oxygen atoms in total. The summed E-state index contributed by atoms with van der Waals surface area (Å²) in [5.41, 5.74) is 0. The molecule has 8 N–H and O–H groups in total. The molecule has 0 bridgehead atoms. The van der Waals surface area contributed by atoms with Gasteiger partial charge >= 0.3 is 0 Å². The van der Waals surface area contributed by atoms with Crippen LogP contribution in [0, 0.1) is 0 Å². The molecule has 0 heterocycles. The van der Waals surface area contributed by atoms with Gasteiger partial charge in [-0.25, -0.2) is 0 Å². The van der Waals surface area contributed by atoms with Crippen molar-refractivity contribution in [1.29, 1.82) is 0 Å². The molecule has 0 spiro atoms. The summed E-state index contributed by atoms with van der Waals surface area (Å²) in [7, 11) is 0. The minimum atomic E-state index is -0.492. The quantitative estimate of drug-likeness (QED) is 0.0281. The van der Waals surface area contributed by atoms with Gasteiger partial charge in [0.25, 0.3) is 0 Å². The average molecular weight is 865 g/mol. The number of aliphatic hydroxyl groups excluding tert-OH is 8. The fourth-order valence-electron chi connectivity index (χ4n) is 7.13. The van der Waals surface area contributed by atoms with E-state index in [0.29, 0.717) is 0 Å². The zero-order valence-electron chi connectivity index (χ0n) is 41.0. The van der Waals surface area contributed by atoms with Crippen LogP contribution in [0.2, 0.25) is 0 Å². The van der Waals surface area contributed by atoms with Crippen molar-refractivity contribution in [3.63, 3.8) is 0 Å². The van der Waals surface area contributed by atoms with Crippen molar-refractivity contribution < 1.29 is 40.9 Å². The van der Waals surface area contributed by atoms with E-state index in [0.717, 1.165) is 51.4 Å². The van der Waals surface area contributed by atoms with E-state index < -0.39 is 24.4 Å². The summed E-state index contributed by atoms with van der Waals surface area (Å²) < 4.78 is 0. The Kier molecular flexibility index (Phi) is 69.6. The maximum Gasteiger partial charge on any atom is 0.0770 e. The Bertz CT molecular complexity index is 628. The third-order valence-electron chi connectivity index (χ3n) is 11.4. The SMILES string of the molecule is CCCCCCCCCCC(O)CO.CCCCCCCCCCC(O)CO.CCCCCCCCCCCCC(O)CO.CCCCCCCCCCCCC(O)CO. The molecule has 0 aliphatic heterocycles. The second-order valence-corrected chi connectivity index (χ2v) is 17.8. The van der Waals surface area contributed by atoms with Gasteiger partial charge in [-0.05, 0) is 25.7 Å². The lowest BCUT2D eigenvalue weighted by Gasteiger charge is -2.06. The van der Waals surface area contributed by atoms with Gasteiger partial charge in [-0.1, -0.05) is 259 Å². The molecule has 0 radical (unpaired) electrons. The summed E-state index contributed by atoms with van der Waals surface area (Å²) in [5, 5.41) is 70.8. The van der Waals surface area contributed by atoms with Crippen molar-refractivity contribution in [2.75, 3.05) is 26.4 Å². The lowest BCUT2D eigenvalue weighted by molar-refractivity contribution is 0.0859. The second kappa shape index (κ2) is 63.0. The van der Waals surface area contributed by atoms with E-state index in [2.05, 4.69) is 27.7 Å². The largest absolute Gasteiger partial charge is 0.394 e. The molecule has 0 amide bonds. The van der Waals surface area contributed by atoms with Gasteiger partial charge in [0.15, 0.2) is 0 Å². The van der Waals surface area contributed by atoms with Crippen LogP contribution in [-0.2, 0) is 0 Å². The van der Waals surface area contributed by atoms with E-state index in [1.54, 1.807) is 0 Å². The van der Waals surface area contributed by atoms with Crippen LogP contribution in [0.15, 0.2) is 0 Å². The Morgan fingerprint density at radius 2 is 0.317 bits per heavy atom. The molecular weight excluding hydrogens is 753 g/mol. The van der Waals surface area contributed by atoms with Crippen LogP contribution in [0.1, 0.15) is 285 Å². The molecule has 8 heteroatoms. The van der Waals surface area contributed by atoms with Gasteiger partial charge < -0.3 is 40.9 Å². The molecule has 0 aromatic heterocycles. The first-order chi connectivity index (χ1) is 29.2. The Labute approximate surface area is 375 Å². The summed E-state index contributed by atoms with van der Waals surface area (Å²) in [6.07, 6.45) is 47.9. The number of unbranched alkanes of at least 4 members (excludes halogenated alkanes) is 32. The third kappa shape index (κ3) is 69.4. The molecule has 0 fully saturated rings. The van der Waals surface area contributed by atoms with Crippen molar-refractivity contribution in [2.45, 2.75) is 309 Å². The molecule has 0 aromatic carbocycles. The smallest absolute Gasteiger partial charge is 0.0770 e. The zero-order chi connectivity index (χ0) is 45.4. The molecular formula is C52H112O8. The number of hydrogen-bond acceptors (Lipinski definition) is 8. The first kappa shape index (κ1) is 66.3. The number of rotatable bonds is 44. The van der Waals surface area contributed by atoms with Crippen LogP contribution < -0.4 is 0 Å². The average Bonchev–Trinajstić information content (AvgIpc) is 3.27. The maximum absolute atomic E-state index is 9.13. The Morgan fingerprint density at radius 3 is 0.433 bits per heavy atom. The van der Waals surface area contributed by atoms with Crippen LogP contribution in [0.25, 0.3) is 0 Å². The highest BCUT2D eigenvalue weighted by molar-refractivity contribution is 4.57. The van der Waals surface area contributed by atoms with E-state index in [4.69, 9.17) is 40.9 Å². The van der Waals surface area contributed by atoms with E-state index in [9.17, 15) is 0 Å². The Morgan fingerprint density at radius 1 is 0.200 bits per heavy atom. The third-order valence-corrected chi connectivity index (χ3v) is 11.4. The topological polar surface area (TPSA) is 162 Å².